The van der Waals surface area contributed by atoms with E-state index >= 15 is 0 Å². The van der Waals surface area contributed by atoms with E-state index in [4.69, 9.17) is 9.73 Å². The van der Waals surface area contributed by atoms with E-state index in [1.54, 1.807) is 14.0 Å². The van der Waals surface area contributed by atoms with Crippen LogP contribution >= 0.6 is 0 Å². The molecule has 2 saturated carbocycles. The summed E-state index contributed by atoms with van der Waals surface area (Å²) in [4.78, 5) is 30.9. The second-order valence-corrected chi connectivity index (χ2v) is 8.40. The van der Waals surface area contributed by atoms with Crippen molar-refractivity contribution in [2.75, 3.05) is 13.7 Å². The maximum Gasteiger partial charge on any atom is 0.407 e. The third-order valence-corrected chi connectivity index (χ3v) is 6.06. The van der Waals surface area contributed by atoms with Crippen molar-refractivity contribution in [1.29, 1.82) is 0 Å². The van der Waals surface area contributed by atoms with E-state index in [2.05, 4.69) is 10.6 Å². The highest BCUT2D eigenvalue weighted by molar-refractivity contribution is 5.94. The third kappa shape index (κ3) is 6.48. The Labute approximate surface area is 187 Å². The van der Waals surface area contributed by atoms with Crippen molar-refractivity contribution in [1.82, 2.24) is 15.5 Å². The van der Waals surface area contributed by atoms with Gasteiger partial charge in [0.25, 0.3) is 5.91 Å². The van der Waals surface area contributed by atoms with Gasteiger partial charge in [-0.25, -0.2) is 13.6 Å². The van der Waals surface area contributed by atoms with Crippen molar-refractivity contribution in [2.24, 2.45) is 4.99 Å². The molecular weight excluding hydrogens is 418 g/mol. The molecule has 1 aromatic rings. The molecule has 7 nitrogen and oxygen atoms in total. The molecular formula is C23H32F2N4O3. The summed E-state index contributed by atoms with van der Waals surface area (Å²) in [6.07, 6.45) is 6.18. The summed E-state index contributed by atoms with van der Waals surface area (Å²) in [7, 11) is 1.62. The van der Waals surface area contributed by atoms with Gasteiger partial charge in [-0.3, -0.25) is 15.1 Å². The Morgan fingerprint density at radius 1 is 1.12 bits per heavy atom. The lowest BCUT2D eigenvalue weighted by Crippen LogP contribution is -2.49. The number of rotatable bonds is 7. The first-order chi connectivity index (χ1) is 15.4. The van der Waals surface area contributed by atoms with Crippen LogP contribution < -0.4 is 10.6 Å². The number of halogens is 2. The molecule has 0 bridgehead atoms. The minimum absolute atomic E-state index is 0.0378. The number of hydrogen-bond donors (Lipinski definition) is 2. The van der Waals surface area contributed by atoms with E-state index in [9.17, 15) is 18.4 Å². The maximum atomic E-state index is 13.7. The normalized spacial score (nSPS) is 20.0. The largest absolute Gasteiger partial charge is 0.450 e. The minimum atomic E-state index is -1.05. The van der Waals surface area contributed by atoms with Crippen LogP contribution in [0.3, 0.4) is 0 Å². The van der Waals surface area contributed by atoms with Crippen molar-refractivity contribution in [3.05, 3.63) is 35.4 Å². The van der Waals surface area contributed by atoms with Crippen LogP contribution in [0.2, 0.25) is 0 Å². The Morgan fingerprint density at radius 2 is 1.81 bits per heavy atom. The van der Waals surface area contributed by atoms with Crippen molar-refractivity contribution in [3.8, 4) is 0 Å². The summed E-state index contributed by atoms with van der Waals surface area (Å²) in [5.74, 6) is -2.47. The summed E-state index contributed by atoms with van der Waals surface area (Å²) in [5, 5.41) is 6.32. The second kappa shape index (κ2) is 11.4. The van der Waals surface area contributed by atoms with Crippen molar-refractivity contribution >= 4 is 17.7 Å². The van der Waals surface area contributed by atoms with Gasteiger partial charge < -0.3 is 15.0 Å². The summed E-state index contributed by atoms with van der Waals surface area (Å²) < 4.78 is 31.9. The third-order valence-electron chi connectivity index (χ3n) is 6.06. The smallest absolute Gasteiger partial charge is 0.407 e. The number of carbonyl (C=O) groups excluding carboxylic acids is 2. The van der Waals surface area contributed by atoms with Crippen LogP contribution in [0.1, 0.15) is 68.6 Å². The highest BCUT2D eigenvalue weighted by Crippen LogP contribution is 2.22. The maximum absolute atomic E-state index is 13.7. The lowest BCUT2D eigenvalue weighted by atomic mass is 9.93. The molecule has 0 saturated heterocycles. The monoisotopic (exact) mass is 450 g/mol. The van der Waals surface area contributed by atoms with E-state index in [-0.39, 0.29) is 17.6 Å². The Bertz CT molecular complexity index is 833. The number of nitrogens with zero attached hydrogens (tertiary/aromatic N) is 2. The zero-order valence-electron chi connectivity index (χ0n) is 18.7. The lowest BCUT2D eigenvalue weighted by molar-refractivity contribution is 0.0695. The van der Waals surface area contributed by atoms with Crippen LogP contribution in [-0.4, -0.2) is 54.6 Å². The molecule has 0 radical (unpaired) electrons. The number of alkyl carbamates (subject to hydrolysis) is 1. The van der Waals surface area contributed by atoms with Gasteiger partial charge in [-0.15, -0.1) is 0 Å². The first-order valence-corrected chi connectivity index (χ1v) is 11.3. The second-order valence-electron chi connectivity index (χ2n) is 8.40. The molecule has 32 heavy (non-hydrogen) atoms. The quantitative estimate of drug-likeness (QED) is 0.616. The first kappa shape index (κ1) is 24.1. The van der Waals surface area contributed by atoms with E-state index < -0.39 is 29.9 Å². The summed E-state index contributed by atoms with van der Waals surface area (Å²) >= 11 is 0. The van der Waals surface area contributed by atoms with Crippen LogP contribution in [0.5, 0.6) is 0 Å². The molecule has 176 valence electrons. The van der Waals surface area contributed by atoms with Crippen LogP contribution in [0, 0.1) is 11.6 Å². The number of carbonyl (C=O) groups is 2. The topological polar surface area (TPSA) is 83.0 Å². The molecule has 3 rings (SSSR count). The molecule has 2 fully saturated rings. The lowest BCUT2D eigenvalue weighted by Gasteiger charge is -2.31. The first-order valence-electron chi connectivity index (χ1n) is 11.3. The van der Waals surface area contributed by atoms with Gasteiger partial charge >= 0.3 is 6.09 Å². The Morgan fingerprint density at radius 3 is 2.44 bits per heavy atom. The number of amides is 2. The van der Waals surface area contributed by atoms with E-state index in [0.29, 0.717) is 19.4 Å². The molecule has 0 spiro atoms. The van der Waals surface area contributed by atoms with Crippen LogP contribution in [0.4, 0.5) is 13.6 Å². The van der Waals surface area contributed by atoms with Gasteiger partial charge in [-0.05, 0) is 63.6 Å². The van der Waals surface area contributed by atoms with E-state index in [1.165, 1.54) is 11.0 Å². The molecule has 2 aliphatic rings. The van der Waals surface area contributed by atoms with E-state index in [0.717, 1.165) is 56.4 Å². The molecule has 1 aromatic carbocycles. The van der Waals surface area contributed by atoms with Crippen molar-refractivity contribution < 1.29 is 23.1 Å². The number of benzene rings is 1. The fourth-order valence-electron chi connectivity index (χ4n) is 4.22. The number of ether oxygens (including phenoxy) is 1. The summed E-state index contributed by atoms with van der Waals surface area (Å²) in [5.41, 5.74) is 1.04. The zero-order valence-corrected chi connectivity index (χ0v) is 18.7. The van der Waals surface area contributed by atoms with Crippen LogP contribution in [0.15, 0.2) is 23.2 Å². The van der Waals surface area contributed by atoms with Gasteiger partial charge in [0.1, 0.15) is 0 Å². The van der Waals surface area contributed by atoms with Crippen molar-refractivity contribution in [2.45, 2.75) is 76.7 Å². The SMILES string of the molecule is CCOC(=O)NC1CCC(=NC(NC2CCCC2)N(C)C(=O)c2ccc(F)c(F)c2)CC1. The fourth-order valence-corrected chi connectivity index (χ4v) is 4.22. The molecule has 2 aliphatic carbocycles. The zero-order chi connectivity index (χ0) is 23.1. The summed E-state index contributed by atoms with van der Waals surface area (Å²) in [6.45, 7) is 2.10. The Balaban J connectivity index is 1.69. The predicted octanol–water partition coefficient (Wildman–Crippen LogP) is 3.98. The average molecular weight is 451 g/mol. The molecule has 9 heteroatoms. The minimum Gasteiger partial charge on any atom is -0.450 e. The number of hydrogen-bond acceptors (Lipinski definition) is 5. The molecule has 1 unspecified atom stereocenters. The van der Waals surface area contributed by atoms with Gasteiger partial charge in [0.2, 0.25) is 0 Å². The molecule has 1 atom stereocenters. The fraction of sp³-hybridized carbons (Fsp3) is 0.609. The van der Waals surface area contributed by atoms with Gasteiger partial charge in [-0.1, -0.05) is 12.8 Å². The van der Waals surface area contributed by atoms with Crippen LogP contribution in [-0.2, 0) is 4.74 Å². The average Bonchev–Trinajstić information content (AvgIpc) is 3.29. The van der Waals surface area contributed by atoms with Crippen molar-refractivity contribution in [3.63, 3.8) is 0 Å². The van der Waals surface area contributed by atoms with Gasteiger partial charge in [0, 0.05) is 30.4 Å². The molecule has 0 aromatic heterocycles. The molecule has 0 aliphatic heterocycles. The highest BCUT2D eigenvalue weighted by atomic mass is 19.2. The van der Waals surface area contributed by atoms with Gasteiger partial charge in [0.05, 0.1) is 6.61 Å². The summed E-state index contributed by atoms with van der Waals surface area (Å²) in [6, 6.07) is 3.45. The predicted molar refractivity (Wildman–Crippen MR) is 117 cm³/mol. The number of nitrogens with one attached hydrogen (secondary N) is 2. The number of aliphatic imine (C=N–C) groups is 1. The van der Waals surface area contributed by atoms with Gasteiger partial charge in [0.15, 0.2) is 17.9 Å². The Kier molecular flexibility index (Phi) is 8.55. The molecule has 0 heterocycles. The van der Waals surface area contributed by atoms with Crippen LogP contribution in [0.25, 0.3) is 0 Å². The molecule has 2 N–H and O–H groups in total. The molecule has 2 amide bonds. The Hall–Kier alpha value is -2.55. The van der Waals surface area contributed by atoms with E-state index in [1.807, 2.05) is 0 Å². The van der Waals surface area contributed by atoms with Gasteiger partial charge in [-0.2, -0.15) is 0 Å². The standard InChI is InChI=1S/C23H32F2N4O3/c1-3-32-23(31)28-18-11-9-17(10-12-18)27-22(26-16-6-4-5-7-16)29(2)21(30)15-8-13-19(24)20(25)14-15/h8,13-14,16,18,22,26H,3-7,9-12H2,1-2H3,(H,28,31). The highest BCUT2D eigenvalue weighted by Gasteiger charge is 2.27.